The minimum Gasteiger partial charge on any atom is -0.454 e. The van der Waals surface area contributed by atoms with Crippen LogP contribution in [0.25, 0.3) is 0 Å². The third-order valence-electron chi connectivity index (χ3n) is 4.05. The number of nitrogens with zero attached hydrogens (tertiary/aromatic N) is 1. The summed E-state index contributed by atoms with van der Waals surface area (Å²) in [6.07, 6.45) is 0. The quantitative estimate of drug-likeness (QED) is 0.421. The summed E-state index contributed by atoms with van der Waals surface area (Å²) >= 11 is 0. The molecule has 2 N–H and O–H groups in total. The van der Waals surface area contributed by atoms with Crippen LogP contribution < -0.4 is 10.2 Å². The van der Waals surface area contributed by atoms with Gasteiger partial charge in [-0.15, -0.1) is 0 Å². The van der Waals surface area contributed by atoms with Crippen LogP contribution in [0.1, 0.15) is 21.5 Å². The van der Waals surface area contributed by atoms with E-state index in [1.165, 1.54) is 17.6 Å². The highest BCUT2D eigenvalue weighted by atomic mass is 19.1. The average molecular weight is 348 g/mol. The van der Waals surface area contributed by atoms with Crippen LogP contribution in [0.2, 0.25) is 0 Å². The van der Waals surface area contributed by atoms with Gasteiger partial charge in [-0.2, -0.15) is 0 Å². The van der Waals surface area contributed by atoms with Gasteiger partial charge in [0.15, 0.2) is 5.75 Å². The van der Waals surface area contributed by atoms with Crippen molar-refractivity contribution in [3.05, 3.63) is 89.2 Å². The molecule has 0 aromatic heterocycles. The van der Waals surface area contributed by atoms with E-state index >= 15 is 0 Å². The first-order chi connectivity index (χ1) is 12.7. The number of carbonyl (C=O) groups is 1. The van der Waals surface area contributed by atoms with Gasteiger partial charge in [0, 0.05) is 16.7 Å². The monoisotopic (exact) mass is 348 g/mol. The fourth-order valence-corrected chi connectivity index (χ4v) is 2.80. The summed E-state index contributed by atoms with van der Waals surface area (Å²) < 4.78 is 20.7. The van der Waals surface area contributed by atoms with Gasteiger partial charge >= 0.3 is 0 Å². The predicted octanol–water partition coefficient (Wildman–Crippen LogP) is 4.22. The molecule has 3 aromatic carbocycles. The first-order valence-corrected chi connectivity index (χ1v) is 7.86. The molecule has 128 valence electrons. The van der Waals surface area contributed by atoms with Gasteiger partial charge in [0.25, 0.3) is 5.91 Å². The van der Waals surface area contributed by atoms with Crippen molar-refractivity contribution in [2.45, 2.75) is 0 Å². The van der Waals surface area contributed by atoms with E-state index in [-0.39, 0.29) is 11.1 Å². The summed E-state index contributed by atoms with van der Waals surface area (Å²) in [7, 11) is 0. The molecule has 0 unspecified atom stereocenters. The van der Waals surface area contributed by atoms with Gasteiger partial charge < -0.3 is 4.74 Å². The lowest BCUT2D eigenvalue weighted by molar-refractivity contribution is 0.0706. The van der Waals surface area contributed by atoms with Gasteiger partial charge in [0.05, 0.1) is 5.71 Å². The Kier molecular flexibility index (Phi) is 3.95. The molecule has 6 heteroatoms. The minimum absolute atomic E-state index is 0.00732. The Labute approximate surface area is 148 Å². The third kappa shape index (κ3) is 2.72. The molecule has 1 aliphatic heterocycles. The number of carbonyl (C=O) groups excluding carboxylic acids is 1. The molecule has 0 atom stereocenters. The van der Waals surface area contributed by atoms with Crippen molar-refractivity contribution in [2.75, 3.05) is 0 Å². The Balaban J connectivity index is 1.92. The van der Waals surface area contributed by atoms with Gasteiger partial charge in [-0.3, -0.25) is 10.0 Å². The van der Waals surface area contributed by atoms with Gasteiger partial charge in [-0.1, -0.05) is 24.3 Å². The van der Waals surface area contributed by atoms with Gasteiger partial charge in [-0.05, 0) is 42.5 Å². The number of rotatable bonds is 2. The van der Waals surface area contributed by atoms with Gasteiger partial charge in [0.2, 0.25) is 0 Å². The summed E-state index contributed by atoms with van der Waals surface area (Å²) in [6, 6.07) is 18.4. The zero-order chi connectivity index (χ0) is 18.1. The van der Waals surface area contributed by atoms with Crippen LogP contribution in [0.3, 0.4) is 0 Å². The summed E-state index contributed by atoms with van der Waals surface area (Å²) in [4.78, 5) is 16.1. The molecule has 0 fully saturated rings. The lowest BCUT2D eigenvalue weighted by atomic mass is 9.99. The van der Waals surface area contributed by atoms with Crippen molar-refractivity contribution in [1.82, 2.24) is 5.48 Å². The molecular formula is C20H13FN2O3. The Morgan fingerprint density at radius 2 is 1.69 bits per heavy atom. The Bertz CT molecular complexity index is 1050. The lowest BCUT2D eigenvalue weighted by Gasteiger charge is -2.11. The fraction of sp³-hybridized carbons (Fsp3) is 0. The van der Waals surface area contributed by atoms with Crippen molar-refractivity contribution in [3.8, 4) is 11.5 Å². The van der Waals surface area contributed by atoms with Crippen LogP contribution in [0.5, 0.6) is 11.5 Å². The Morgan fingerprint density at radius 3 is 2.46 bits per heavy atom. The average Bonchev–Trinajstić information content (AvgIpc) is 2.84. The molecule has 5 nitrogen and oxygen atoms in total. The topological polar surface area (TPSA) is 70.9 Å². The molecule has 4 rings (SSSR count). The second-order valence-corrected chi connectivity index (χ2v) is 5.66. The Morgan fingerprint density at radius 1 is 0.962 bits per heavy atom. The van der Waals surface area contributed by atoms with Crippen molar-refractivity contribution < 1.29 is 19.1 Å². The van der Waals surface area contributed by atoms with Crippen molar-refractivity contribution >= 4 is 17.3 Å². The normalized spacial score (nSPS) is 12.2. The van der Waals surface area contributed by atoms with Crippen molar-refractivity contribution in [3.63, 3.8) is 0 Å². The highest BCUT2D eigenvalue weighted by Crippen LogP contribution is 2.38. The maximum atomic E-state index is 14.8. The van der Waals surface area contributed by atoms with Crippen LogP contribution in [0.15, 0.2) is 71.7 Å². The number of para-hydroxylation sites is 3. The summed E-state index contributed by atoms with van der Waals surface area (Å²) in [5, 5.41) is 8.71. The van der Waals surface area contributed by atoms with Crippen LogP contribution in [-0.2, 0) is 0 Å². The number of nitrogens with one attached hydrogen (secondary N) is 1. The van der Waals surface area contributed by atoms with Crippen LogP contribution in [0.4, 0.5) is 10.1 Å². The number of aliphatic imine (C=N–C) groups is 1. The van der Waals surface area contributed by atoms with E-state index in [9.17, 15) is 9.18 Å². The molecule has 0 saturated carbocycles. The molecule has 0 aliphatic carbocycles. The largest absolute Gasteiger partial charge is 0.454 e. The van der Waals surface area contributed by atoms with Crippen LogP contribution >= 0.6 is 0 Å². The van der Waals surface area contributed by atoms with Gasteiger partial charge in [0.1, 0.15) is 17.3 Å². The highest BCUT2D eigenvalue weighted by Gasteiger charge is 2.22. The highest BCUT2D eigenvalue weighted by molar-refractivity contribution is 6.16. The van der Waals surface area contributed by atoms with Crippen molar-refractivity contribution in [2.24, 2.45) is 4.99 Å². The van der Waals surface area contributed by atoms with E-state index in [4.69, 9.17) is 9.94 Å². The number of hydrogen-bond donors (Lipinski definition) is 2. The molecule has 0 bridgehead atoms. The first kappa shape index (κ1) is 16.0. The van der Waals surface area contributed by atoms with Gasteiger partial charge in [-0.25, -0.2) is 14.9 Å². The summed E-state index contributed by atoms with van der Waals surface area (Å²) in [5.74, 6) is -0.272. The maximum absolute atomic E-state index is 14.8. The number of ether oxygens (including phenoxy) is 1. The maximum Gasteiger partial charge on any atom is 0.274 e. The number of hydroxylamine groups is 1. The van der Waals surface area contributed by atoms with E-state index < -0.39 is 11.7 Å². The zero-order valence-electron chi connectivity index (χ0n) is 13.4. The predicted molar refractivity (Wildman–Crippen MR) is 93.9 cm³/mol. The van der Waals surface area contributed by atoms with E-state index in [0.29, 0.717) is 28.5 Å². The van der Waals surface area contributed by atoms with E-state index in [1.54, 1.807) is 24.3 Å². The third-order valence-corrected chi connectivity index (χ3v) is 4.05. The molecule has 1 aliphatic rings. The molecule has 0 radical (unpaired) electrons. The summed E-state index contributed by atoms with van der Waals surface area (Å²) in [5.41, 5.74) is 3.35. The standard InChI is InChI=1S/C20H13FN2O3/c21-15-11-12(20(24)23-25)9-10-13(15)19-14-5-1-3-7-17(14)26-18-8-4-2-6-16(18)22-19/h1-11,25H,(H,23,24). The number of fused-ring (bicyclic) bond motifs is 2. The number of hydrogen-bond acceptors (Lipinski definition) is 4. The molecule has 0 saturated heterocycles. The minimum atomic E-state index is -0.785. The Hall–Kier alpha value is -3.51. The molecule has 1 heterocycles. The van der Waals surface area contributed by atoms with E-state index in [1.807, 2.05) is 24.3 Å². The molecule has 0 spiro atoms. The fourth-order valence-electron chi connectivity index (χ4n) is 2.80. The van der Waals surface area contributed by atoms with Crippen LogP contribution in [0, 0.1) is 5.82 Å². The number of amides is 1. The second-order valence-electron chi connectivity index (χ2n) is 5.66. The van der Waals surface area contributed by atoms with Crippen LogP contribution in [-0.4, -0.2) is 16.8 Å². The molecule has 26 heavy (non-hydrogen) atoms. The SMILES string of the molecule is O=C(NO)c1ccc(C2=Nc3ccccc3Oc3ccccc32)c(F)c1. The molecule has 3 aromatic rings. The summed E-state index contributed by atoms with van der Waals surface area (Å²) in [6.45, 7) is 0. The zero-order valence-corrected chi connectivity index (χ0v) is 13.4. The molecular weight excluding hydrogens is 335 g/mol. The lowest BCUT2D eigenvalue weighted by Crippen LogP contribution is -2.19. The van der Waals surface area contributed by atoms with E-state index in [0.717, 1.165) is 6.07 Å². The first-order valence-electron chi connectivity index (χ1n) is 7.86. The molecule has 1 amide bonds. The number of halogens is 1. The second kappa shape index (κ2) is 6.42. The van der Waals surface area contributed by atoms with E-state index in [2.05, 4.69) is 4.99 Å². The van der Waals surface area contributed by atoms with Crippen molar-refractivity contribution in [1.29, 1.82) is 0 Å². The smallest absolute Gasteiger partial charge is 0.274 e. The number of benzene rings is 3.